The van der Waals surface area contributed by atoms with E-state index in [4.69, 9.17) is 8.83 Å². The number of rotatable bonds is 8. The maximum atomic E-state index is 6.72. The molecule has 24 aromatic rings. The van der Waals surface area contributed by atoms with E-state index in [1.165, 1.54) is 142 Å². The van der Waals surface area contributed by atoms with E-state index in [9.17, 15) is 0 Å². The molecule has 0 atom stereocenters. The molecule has 0 N–H and O–H groups in total. The molecular weight excluding hydrogens is 1340 g/mol. The Labute approximate surface area is 631 Å². The molecule has 0 bridgehead atoms. The second-order valence-corrected chi connectivity index (χ2v) is 29.0. The van der Waals surface area contributed by atoms with Gasteiger partial charge in [-0.05, 0) is 183 Å². The average molecular weight is 1400 g/mol. The first-order valence-corrected chi connectivity index (χ1v) is 37.7. The predicted molar refractivity (Wildman–Crippen MR) is 462 cm³/mol. The Bertz CT molecular complexity index is 7900. The molecule has 0 amide bonds. The van der Waals surface area contributed by atoms with E-state index in [0.29, 0.717) is 0 Å². The summed E-state index contributed by atoms with van der Waals surface area (Å²) in [5.41, 5.74) is 27.2. The van der Waals surface area contributed by atoms with Gasteiger partial charge in [-0.25, -0.2) is 0 Å². The predicted octanol–water partition coefficient (Wildman–Crippen LogP) is 28.5. The van der Waals surface area contributed by atoms with Crippen LogP contribution in [0.1, 0.15) is 0 Å². The number of nitrogens with zero attached hydrogens (tertiary/aromatic N) is 4. The van der Waals surface area contributed by atoms with Gasteiger partial charge < -0.3 is 27.1 Å². The molecule has 0 spiro atoms. The minimum absolute atomic E-state index is 0.898. The van der Waals surface area contributed by atoms with Crippen LogP contribution in [0.2, 0.25) is 0 Å². The maximum Gasteiger partial charge on any atom is 0.160 e. The van der Waals surface area contributed by atoms with Crippen molar-refractivity contribution in [1.82, 2.24) is 18.3 Å². The van der Waals surface area contributed by atoms with E-state index >= 15 is 0 Å². The minimum Gasteiger partial charge on any atom is -0.456 e. The number of fused-ring (bicyclic) bond motifs is 22. The lowest BCUT2D eigenvalue weighted by atomic mass is 10.00. The molecule has 0 radical (unpaired) electrons. The molecule has 6 nitrogen and oxygen atoms in total. The summed E-state index contributed by atoms with van der Waals surface area (Å²) in [5.74, 6) is 0. The fraction of sp³-hybridized carbons (Fsp3) is 0. The summed E-state index contributed by atoms with van der Waals surface area (Å²) in [7, 11) is 0. The van der Waals surface area contributed by atoms with Gasteiger partial charge >= 0.3 is 0 Å². The lowest BCUT2D eigenvalue weighted by Crippen LogP contribution is -1.95. The van der Waals surface area contributed by atoms with Crippen molar-refractivity contribution in [2.45, 2.75) is 0 Å². The first-order valence-electron chi connectivity index (χ1n) is 37.7. The molecule has 6 heteroatoms. The third-order valence-corrected chi connectivity index (χ3v) is 23.0. The van der Waals surface area contributed by atoms with Crippen LogP contribution in [-0.4, -0.2) is 18.3 Å². The Balaban J connectivity index is 0.000000132. The molecule has 6 aromatic heterocycles. The fourth-order valence-electron chi connectivity index (χ4n) is 18.0. The van der Waals surface area contributed by atoms with Gasteiger partial charge in [0.2, 0.25) is 0 Å². The number of hydrogen-bond donors (Lipinski definition) is 0. The summed E-state index contributed by atoms with van der Waals surface area (Å²) in [6.45, 7) is 0. The lowest BCUT2D eigenvalue weighted by molar-refractivity contribution is 0.669. The zero-order valence-corrected chi connectivity index (χ0v) is 59.6. The van der Waals surface area contributed by atoms with Crippen molar-refractivity contribution in [1.29, 1.82) is 0 Å². The van der Waals surface area contributed by atoms with E-state index in [-0.39, 0.29) is 0 Å². The van der Waals surface area contributed by atoms with Crippen LogP contribution in [-0.2, 0) is 0 Å². The molecule has 0 fully saturated rings. The number of para-hydroxylation sites is 4. The van der Waals surface area contributed by atoms with Crippen LogP contribution in [0.3, 0.4) is 0 Å². The highest BCUT2D eigenvalue weighted by Crippen LogP contribution is 2.47. The summed E-state index contributed by atoms with van der Waals surface area (Å²) in [6.07, 6.45) is 0. The van der Waals surface area contributed by atoms with E-state index in [2.05, 4.69) is 394 Å². The van der Waals surface area contributed by atoms with Crippen LogP contribution >= 0.6 is 0 Å². The summed E-state index contributed by atoms with van der Waals surface area (Å²) >= 11 is 0. The minimum atomic E-state index is 0.898. The summed E-state index contributed by atoms with van der Waals surface area (Å²) in [5, 5.41) is 19.1. The molecule has 0 saturated carbocycles. The topological polar surface area (TPSA) is 46.0 Å². The van der Waals surface area contributed by atoms with Gasteiger partial charge in [0.05, 0.1) is 60.9 Å². The standard InChI is InChI=1S/2C52H32N2O/c1-2-12-33(13-3-1)35-16-10-17-38(30-35)53-47-21-8-6-19-40(47)44-31-36(24-28-48(44)53)37-25-29-49-45(32-37)42-26-27-43-41-20-7-9-23-50(41)55-52(43)51(42)54(49)46-22-11-15-34-14-4-5-18-39(34)46;1-2-12-33(13-3-1)35-16-10-17-38(30-35)53-46-21-8-6-19-40(46)43-31-36(24-27-47(43)53)37-25-28-48-44(32-37)41-26-29-50-51(42-20-7-9-23-49(42)55-50)52(41)54(48)45-22-11-15-34-14-4-5-18-39(34)45/h2*1-32H. The van der Waals surface area contributed by atoms with Crippen molar-refractivity contribution in [2.24, 2.45) is 0 Å². The van der Waals surface area contributed by atoms with Crippen molar-refractivity contribution < 1.29 is 8.83 Å². The lowest BCUT2D eigenvalue weighted by Gasteiger charge is -2.12. The Kier molecular flexibility index (Phi) is 13.7. The van der Waals surface area contributed by atoms with Gasteiger partial charge in [-0.1, -0.05) is 261 Å². The Morgan fingerprint density at radius 1 is 0.173 bits per heavy atom. The van der Waals surface area contributed by atoms with Crippen molar-refractivity contribution >= 4 is 153 Å². The van der Waals surface area contributed by atoms with Gasteiger partial charge in [0.15, 0.2) is 5.58 Å². The molecule has 0 aliphatic carbocycles. The quantitative estimate of drug-likeness (QED) is 0.152. The molecule has 6 heterocycles. The first kappa shape index (κ1) is 61.6. The van der Waals surface area contributed by atoms with E-state index in [0.717, 1.165) is 77.7 Å². The maximum absolute atomic E-state index is 6.72. The van der Waals surface area contributed by atoms with E-state index < -0.39 is 0 Å². The van der Waals surface area contributed by atoms with Crippen LogP contribution in [0.15, 0.2) is 397 Å². The second-order valence-electron chi connectivity index (χ2n) is 29.0. The highest BCUT2D eigenvalue weighted by atomic mass is 16.3. The Morgan fingerprint density at radius 2 is 0.527 bits per heavy atom. The van der Waals surface area contributed by atoms with Crippen molar-refractivity contribution in [3.63, 3.8) is 0 Å². The normalized spacial score (nSPS) is 12.0. The first-order chi connectivity index (χ1) is 54.6. The van der Waals surface area contributed by atoms with Crippen molar-refractivity contribution in [3.8, 4) is 67.3 Å². The third kappa shape index (κ3) is 9.49. The second kappa shape index (κ2) is 24.4. The average Bonchev–Trinajstić information content (AvgIpc) is 1.55. The molecule has 0 aliphatic heterocycles. The SMILES string of the molecule is c1ccc(-c2cccc(-n3c4ccccc4c4cc(-c5ccc6c(c5)c5ccc7c8ccccc8oc7c5n6-c5cccc6ccccc56)ccc43)c2)cc1.c1ccc(-c2cccc(-n3c4ccccc4c4cc(-c5ccc6c(c5)c5ccc7oc8ccccc8c7c5n6-c5cccc6ccccc56)ccc43)c2)cc1. The van der Waals surface area contributed by atoms with Crippen LogP contribution in [0, 0.1) is 0 Å². The number of benzene rings is 18. The van der Waals surface area contributed by atoms with Crippen molar-refractivity contribution in [2.75, 3.05) is 0 Å². The molecule has 18 aromatic carbocycles. The third-order valence-electron chi connectivity index (χ3n) is 23.0. The van der Waals surface area contributed by atoms with Gasteiger partial charge in [0, 0.05) is 81.4 Å². The highest BCUT2D eigenvalue weighted by molar-refractivity contribution is 6.26. The smallest absolute Gasteiger partial charge is 0.160 e. The number of furan rings is 2. The van der Waals surface area contributed by atoms with E-state index in [1.54, 1.807) is 0 Å². The van der Waals surface area contributed by atoms with Gasteiger partial charge in [-0.3, -0.25) is 0 Å². The van der Waals surface area contributed by atoms with E-state index in [1.807, 2.05) is 12.1 Å². The number of hydrogen-bond acceptors (Lipinski definition) is 2. The monoisotopic (exact) mass is 1400 g/mol. The molecule has 24 rings (SSSR count). The van der Waals surface area contributed by atoms with Crippen LogP contribution in [0.25, 0.3) is 220 Å². The number of aromatic nitrogens is 4. The summed E-state index contributed by atoms with van der Waals surface area (Å²) < 4.78 is 22.9. The molecule has 110 heavy (non-hydrogen) atoms. The van der Waals surface area contributed by atoms with Gasteiger partial charge in [-0.2, -0.15) is 0 Å². The van der Waals surface area contributed by atoms with Gasteiger partial charge in [0.1, 0.15) is 16.7 Å². The molecular formula is C104H64N4O2. The Hall–Kier alpha value is -14.7. The fourth-order valence-corrected chi connectivity index (χ4v) is 18.0. The van der Waals surface area contributed by atoms with Gasteiger partial charge in [0.25, 0.3) is 0 Å². The zero-order chi connectivity index (χ0) is 72.1. The van der Waals surface area contributed by atoms with Crippen molar-refractivity contribution in [3.05, 3.63) is 388 Å². The molecule has 0 unspecified atom stereocenters. The summed E-state index contributed by atoms with van der Waals surface area (Å²) in [6, 6.07) is 140. The van der Waals surface area contributed by atoms with Crippen LogP contribution in [0.5, 0.6) is 0 Å². The molecule has 0 saturated heterocycles. The summed E-state index contributed by atoms with van der Waals surface area (Å²) in [4.78, 5) is 0. The largest absolute Gasteiger partial charge is 0.456 e. The van der Waals surface area contributed by atoms with Crippen LogP contribution in [0.4, 0.5) is 0 Å². The van der Waals surface area contributed by atoms with Gasteiger partial charge in [-0.15, -0.1) is 0 Å². The Morgan fingerprint density at radius 3 is 1.05 bits per heavy atom. The molecule has 512 valence electrons. The zero-order valence-electron chi connectivity index (χ0n) is 59.6. The van der Waals surface area contributed by atoms with Crippen LogP contribution < -0.4 is 0 Å². The molecule has 0 aliphatic rings. The highest BCUT2D eigenvalue weighted by Gasteiger charge is 2.25.